The van der Waals surface area contributed by atoms with Crippen molar-refractivity contribution in [3.8, 4) is 0 Å². The van der Waals surface area contributed by atoms with Gasteiger partial charge in [-0.3, -0.25) is 18.9 Å². The predicted molar refractivity (Wildman–Crippen MR) is 114 cm³/mol. The van der Waals surface area contributed by atoms with Crippen LogP contribution in [0.2, 0.25) is 0 Å². The number of fused-ring (bicyclic) bond motifs is 1. The summed E-state index contributed by atoms with van der Waals surface area (Å²) in [6.07, 6.45) is 4.18. The molecule has 2 amide bonds. The van der Waals surface area contributed by atoms with Crippen molar-refractivity contribution in [3.05, 3.63) is 52.8 Å². The Bertz CT molecular complexity index is 1000. The molecule has 0 spiro atoms. The van der Waals surface area contributed by atoms with E-state index in [1.165, 1.54) is 0 Å². The van der Waals surface area contributed by atoms with Gasteiger partial charge in [-0.15, -0.1) is 11.3 Å². The third kappa shape index (κ3) is 4.49. The molecule has 1 fully saturated rings. The largest absolute Gasteiger partial charge is 0.340 e. The number of hydrogen-bond donors (Lipinski definition) is 1. The zero-order valence-corrected chi connectivity index (χ0v) is 17.5. The number of hydrogen-bond acceptors (Lipinski definition) is 5. The predicted octanol–water partition coefficient (Wildman–Crippen LogP) is 2.34. The lowest BCUT2D eigenvalue weighted by molar-refractivity contribution is -0.132. The summed E-state index contributed by atoms with van der Waals surface area (Å²) in [5.41, 5.74) is 3.92. The second-order valence-corrected chi connectivity index (χ2v) is 8.33. The standard InChI is InChI=1S/C21H25N5O2S/c1-15-4-3-5-18(16(15)2)23-19(27)14-24-6-8-25(9-7-24)20(28)12-17-13-26-10-11-29-21(26)22-17/h3-5,10-11,13H,6-9,12,14H2,1-2H3,(H,23,27). The monoisotopic (exact) mass is 411 g/mol. The molecule has 0 aliphatic carbocycles. The van der Waals surface area contributed by atoms with Crippen LogP contribution in [0.1, 0.15) is 16.8 Å². The van der Waals surface area contributed by atoms with E-state index >= 15 is 0 Å². The molecule has 4 rings (SSSR count). The highest BCUT2D eigenvalue weighted by Crippen LogP contribution is 2.18. The van der Waals surface area contributed by atoms with Crippen molar-refractivity contribution in [1.82, 2.24) is 19.2 Å². The summed E-state index contributed by atoms with van der Waals surface area (Å²) in [6.45, 7) is 7.06. The number of anilines is 1. The maximum atomic E-state index is 12.6. The molecule has 1 aliphatic heterocycles. The van der Waals surface area contributed by atoms with Gasteiger partial charge in [0.15, 0.2) is 4.96 Å². The van der Waals surface area contributed by atoms with Crippen molar-refractivity contribution in [2.24, 2.45) is 0 Å². The average Bonchev–Trinajstić information content (AvgIpc) is 3.27. The number of benzene rings is 1. The number of carbonyl (C=O) groups excluding carboxylic acids is 2. The van der Waals surface area contributed by atoms with E-state index in [0.29, 0.717) is 39.1 Å². The fourth-order valence-corrected chi connectivity index (χ4v) is 4.28. The first kappa shape index (κ1) is 19.6. The molecule has 29 heavy (non-hydrogen) atoms. The van der Waals surface area contributed by atoms with Crippen molar-refractivity contribution in [1.29, 1.82) is 0 Å². The number of aromatic nitrogens is 2. The normalized spacial score (nSPS) is 15.0. The van der Waals surface area contributed by atoms with Crippen LogP contribution in [-0.4, -0.2) is 63.7 Å². The van der Waals surface area contributed by atoms with Crippen LogP contribution in [0.3, 0.4) is 0 Å². The number of rotatable bonds is 5. The Balaban J connectivity index is 1.25. The summed E-state index contributed by atoms with van der Waals surface area (Å²) in [6, 6.07) is 5.91. The van der Waals surface area contributed by atoms with E-state index in [-0.39, 0.29) is 11.8 Å². The molecule has 2 aromatic heterocycles. The Hall–Kier alpha value is -2.71. The van der Waals surface area contributed by atoms with E-state index in [4.69, 9.17) is 0 Å². The van der Waals surface area contributed by atoms with Gasteiger partial charge in [0.25, 0.3) is 0 Å². The van der Waals surface area contributed by atoms with Gasteiger partial charge >= 0.3 is 0 Å². The Labute approximate surface area is 174 Å². The first-order valence-electron chi connectivity index (χ1n) is 9.77. The Morgan fingerprint density at radius 1 is 1.17 bits per heavy atom. The molecule has 1 aromatic carbocycles. The van der Waals surface area contributed by atoms with Crippen LogP contribution in [0.15, 0.2) is 36.0 Å². The Kier molecular flexibility index (Phi) is 5.64. The molecule has 0 atom stereocenters. The zero-order chi connectivity index (χ0) is 20.4. The first-order valence-corrected chi connectivity index (χ1v) is 10.6. The molecule has 152 valence electrons. The van der Waals surface area contributed by atoms with E-state index in [2.05, 4.69) is 15.2 Å². The van der Waals surface area contributed by atoms with Gasteiger partial charge in [0.1, 0.15) is 0 Å². The van der Waals surface area contributed by atoms with Crippen molar-refractivity contribution in [2.45, 2.75) is 20.3 Å². The van der Waals surface area contributed by atoms with Crippen LogP contribution < -0.4 is 5.32 Å². The van der Waals surface area contributed by atoms with E-state index in [0.717, 1.165) is 27.5 Å². The summed E-state index contributed by atoms with van der Waals surface area (Å²) in [4.78, 5) is 34.4. The topological polar surface area (TPSA) is 70.0 Å². The van der Waals surface area contributed by atoms with Gasteiger partial charge in [0.2, 0.25) is 11.8 Å². The van der Waals surface area contributed by atoms with E-state index in [1.54, 1.807) is 11.3 Å². The van der Waals surface area contributed by atoms with Gasteiger partial charge in [-0.1, -0.05) is 12.1 Å². The summed E-state index contributed by atoms with van der Waals surface area (Å²) in [5, 5.41) is 4.98. The van der Waals surface area contributed by atoms with Crippen molar-refractivity contribution < 1.29 is 9.59 Å². The highest BCUT2D eigenvalue weighted by Gasteiger charge is 2.23. The zero-order valence-electron chi connectivity index (χ0n) is 16.7. The molecule has 8 heteroatoms. The molecule has 0 bridgehead atoms. The minimum absolute atomic E-state index is 0.0171. The van der Waals surface area contributed by atoms with Crippen molar-refractivity contribution in [3.63, 3.8) is 0 Å². The number of nitrogens with one attached hydrogen (secondary N) is 1. The van der Waals surface area contributed by atoms with E-state index in [1.807, 2.05) is 59.1 Å². The smallest absolute Gasteiger partial charge is 0.238 e. The number of imidazole rings is 1. The van der Waals surface area contributed by atoms with E-state index < -0.39 is 0 Å². The van der Waals surface area contributed by atoms with Gasteiger partial charge in [0.05, 0.1) is 18.7 Å². The second kappa shape index (κ2) is 8.34. The summed E-state index contributed by atoms with van der Waals surface area (Å²) >= 11 is 1.56. The number of carbonyl (C=O) groups is 2. The number of piperazine rings is 1. The van der Waals surface area contributed by atoms with Gasteiger partial charge in [0, 0.05) is 49.6 Å². The molecular formula is C21H25N5O2S. The van der Waals surface area contributed by atoms with Crippen molar-refractivity contribution in [2.75, 3.05) is 38.0 Å². The maximum Gasteiger partial charge on any atom is 0.238 e. The molecule has 3 aromatic rings. The molecule has 0 unspecified atom stereocenters. The van der Waals surface area contributed by atoms with Gasteiger partial charge in [-0.2, -0.15) is 0 Å². The third-order valence-electron chi connectivity index (χ3n) is 5.45. The Morgan fingerprint density at radius 2 is 1.97 bits per heavy atom. The summed E-state index contributed by atoms with van der Waals surface area (Å²) < 4.78 is 1.94. The van der Waals surface area contributed by atoms with Crippen LogP contribution in [0, 0.1) is 13.8 Å². The van der Waals surface area contributed by atoms with Gasteiger partial charge in [-0.05, 0) is 31.0 Å². The molecule has 1 aliphatic rings. The molecule has 0 radical (unpaired) electrons. The minimum atomic E-state index is -0.0171. The van der Waals surface area contributed by atoms with Gasteiger partial charge < -0.3 is 10.2 Å². The SMILES string of the molecule is Cc1cccc(NC(=O)CN2CCN(C(=O)Cc3cn4ccsc4n3)CC2)c1C. The fourth-order valence-electron chi connectivity index (χ4n) is 3.56. The molecular weight excluding hydrogens is 386 g/mol. The minimum Gasteiger partial charge on any atom is -0.340 e. The average molecular weight is 412 g/mol. The lowest BCUT2D eigenvalue weighted by Crippen LogP contribution is -2.50. The van der Waals surface area contributed by atoms with Crippen molar-refractivity contribution >= 4 is 33.8 Å². The maximum absolute atomic E-state index is 12.6. The molecule has 0 saturated carbocycles. The lowest BCUT2D eigenvalue weighted by Gasteiger charge is -2.34. The third-order valence-corrected chi connectivity index (χ3v) is 6.22. The summed E-state index contributed by atoms with van der Waals surface area (Å²) in [7, 11) is 0. The van der Waals surface area contributed by atoms with Crippen LogP contribution in [0.25, 0.3) is 4.96 Å². The van der Waals surface area contributed by atoms with Crippen LogP contribution in [0.4, 0.5) is 5.69 Å². The van der Waals surface area contributed by atoms with Gasteiger partial charge in [-0.25, -0.2) is 4.98 Å². The highest BCUT2D eigenvalue weighted by atomic mass is 32.1. The van der Waals surface area contributed by atoms with Crippen LogP contribution in [0.5, 0.6) is 0 Å². The number of nitrogens with zero attached hydrogens (tertiary/aromatic N) is 4. The number of amides is 2. The Morgan fingerprint density at radius 3 is 2.72 bits per heavy atom. The first-order chi connectivity index (χ1) is 14.0. The lowest BCUT2D eigenvalue weighted by atomic mass is 10.1. The quantitative estimate of drug-likeness (QED) is 0.700. The molecule has 3 heterocycles. The number of thiazole rings is 1. The fraction of sp³-hybridized carbons (Fsp3) is 0.381. The molecule has 1 saturated heterocycles. The van der Waals surface area contributed by atoms with Crippen LogP contribution >= 0.6 is 11.3 Å². The molecule has 1 N–H and O–H groups in total. The second-order valence-electron chi connectivity index (χ2n) is 7.45. The number of aryl methyl sites for hydroxylation is 1. The van der Waals surface area contributed by atoms with E-state index in [9.17, 15) is 9.59 Å². The summed E-state index contributed by atoms with van der Waals surface area (Å²) in [5.74, 6) is 0.0757. The van der Waals surface area contributed by atoms with Crippen LogP contribution in [-0.2, 0) is 16.0 Å². The molecule has 7 nitrogen and oxygen atoms in total. The highest BCUT2D eigenvalue weighted by molar-refractivity contribution is 7.15.